The summed E-state index contributed by atoms with van der Waals surface area (Å²) in [6.45, 7) is 5.69. The average molecular weight is 244 g/mol. The minimum absolute atomic E-state index is 0.104. The Hall–Kier alpha value is -1.53. The number of nitriles is 1. The smallest absolute Gasteiger partial charge is 0.174 e. The Bertz CT molecular complexity index is 421. The average Bonchev–Trinajstić information content (AvgIpc) is 3.10. The molecule has 1 aromatic carbocycles. The van der Waals surface area contributed by atoms with Crippen LogP contribution in [0.2, 0.25) is 0 Å². The molecule has 0 heterocycles. The topological polar surface area (TPSA) is 45.0 Å². The fourth-order valence-corrected chi connectivity index (χ4v) is 2.10. The van der Waals surface area contributed by atoms with Gasteiger partial charge in [-0.2, -0.15) is 5.26 Å². The van der Waals surface area contributed by atoms with Gasteiger partial charge in [0.05, 0.1) is 0 Å². The minimum atomic E-state index is 0.104. The van der Waals surface area contributed by atoms with Gasteiger partial charge in [0.1, 0.15) is 11.8 Å². The largest absolute Gasteiger partial charge is 0.479 e. The van der Waals surface area contributed by atoms with Gasteiger partial charge in [0.15, 0.2) is 6.61 Å². The molecule has 0 amide bonds. The van der Waals surface area contributed by atoms with Crippen molar-refractivity contribution in [3.05, 3.63) is 29.8 Å². The van der Waals surface area contributed by atoms with Crippen LogP contribution in [0.25, 0.3) is 0 Å². The van der Waals surface area contributed by atoms with Crippen LogP contribution in [0.4, 0.5) is 0 Å². The summed E-state index contributed by atoms with van der Waals surface area (Å²) in [6, 6.07) is 10.3. The number of nitrogens with one attached hydrogen (secondary N) is 1. The molecule has 1 aliphatic rings. The standard InChI is InChI=1S/C15H20N2O/c1-11-9-14(11)10-17-12(2)13-3-5-15(6-4-13)18-8-7-16/h3-6,11-12,14,17H,8-10H2,1-2H3. The molecule has 3 nitrogen and oxygen atoms in total. The number of hydrogen-bond donors (Lipinski definition) is 1. The molecule has 3 heteroatoms. The first-order chi connectivity index (χ1) is 8.70. The van der Waals surface area contributed by atoms with E-state index in [0.717, 1.165) is 24.1 Å². The second kappa shape index (κ2) is 5.88. The van der Waals surface area contributed by atoms with E-state index in [2.05, 4.69) is 31.3 Å². The number of hydrogen-bond acceptors (Lipinski definition) is 3. The van der Waals surface area contributed by atoms with E-state index in [1.807, 2.05) is 18.2 Å². The molecule has 3 unspecified atom stereocenters. The van der Waals surface area contributed by atoms with E-state index in [1.165, 1.54) is 12.0 Å². The maximum Gasteiger partial charge on any atom is 0.174 e. The predicted octanol–water partition coefficient (Wildman–Crippen LogP) is 2.90. The van der Waals surface area contributed by atoms with E-state index in [4.69, 9.17) is 10.00 Å². The molecule has 3 atom stereocenters. The van der Waals surface area contributed by atoms with E-state index in [-0.39, 0.29) is 6.61 Å². The zero-order valence-corrected chi connectivity index (χ0v) is 11.0. The highest BCUT2D eigenvalue weighted by Gasteiger charge is 2.32. The van der Waals surface area contributed by atoms with Crippen LogP contribution in [0.1, 0.15) is 31.9 Å². The molecule has 1 fully saturated rings. The van der Waals surface area contributed by atoms with Crippen molar-refractivity contribution in [2.24, 2.45) is 11.8 Å². The quantitative estimate of drug-likeness (QED) is 0.837. The summed E-state index contributed by atoms with van der Waals surface area (Å²) in [4.78, 5) is 0. The molecule has 0 spiro atoms. The van der Waals surface area contributed by atoms with Crippen molar-refractivity contribution < 1.29 is 4.74 Å². The Labute approximate surface area is 109 Å². The van der Waals surface area contributed by atoms with E-state index in [0.29, 0.717) is 6.04 Å². The van der Waals surface area contributed by atoms with E-state index < -0.39 is 0 Å². The maximum atomic E-state index is 8.43. The SMILES string of the molecule is CC(NCC1CC1C)c1ccc(OCC#N)cc1. The lowest BCUT2D eigenvalue weighted by atomic mass is 10.1. The van der Waals surface area contributed by atoms with Crippen LogP contribution in [-0.2, 0) is 0 Å². The van der Waals surface area contributed by atoms with Gasteiger partial charge in [-0.05, 0) is 49.4 Å². The lowest BCUT2D eigenvalue weighted by Gasteiger charge is -2.14. The van der Waals surface area contributed by atoms with Gasteiger partial charge in [-0.1, -0.05) is 19.1 Å². The van der Waals surface area contributed by atoms with Crippen LogP contribution < -0.4 is 10.1 Å². The van der Waals surface area contributed by atoms with E-state index >= 15 is 0 Å². The van der Waals surface area contributed by atoms with Crippen LogP contribution in [0.3, 0.4) is 0 Å². The van der Waals surface area contributed by atoms with Gasteiger partial charge in [-0.15, -0.1) is 0 Å². The minimum Gasteiger partial charge on any atom is -0.479 e. The van der Waals surface area contributed by atoms with Crippen LogP contribution in [0.15, 0.2) is 24.3 Å². The Kier molecular flexibility index (Phi) is 4.22. The molecule has 0 aromatic heterocycles. The summed E-state index contributed by atoms with van der Waals surface area (Å²) in [5.74, 6) is 2.51. The van der Waals surface area contributed by atoms with Crippen molar-refractivity contribution in [2.45, 2.75) is 26.3 Å². The molecular formula is C15H20N2O. The van der Waals surface area contributed by atoms with E-state index in [1.54, 1.807) is 0 Å². The fourth-order valence-electron chi connectivity index (χ4n) is 2.10. The summed E-state index contributed by atoms with van der Waals surface area (Å²) < 4.78 is 5.23. The number of rotatable bonds is 6. The summed E-state index contributed by atoms with van der Waals surface area (Å²) in [7, 11) is 0. The molecule has 0 saturated heterocycles. The Morgan fingerprint density at radius 1 is 1.44 bits per heavy atom. The summed E-state index contributed by atoms with van der Waals surface area (Å²) in [6.07, 6.45) is 1.36. The normalized spacial score (nSPS) is 23.2. The van der Waals surface area contributed by atoms with Crippen molar-refractivity contribution in [2.75, 3.05) is 13.2 Å². The maximum absolute atomic E-state index is 8.43. The first-order valence-corrected chi connectivity index (χ1v) is 6.54. The lowest BCUT2D eigenvalue weighted by Crippen LogP contribution is -2.21. The third-order valence-electron chi connectivity index (χ3n) is 3.65. The van der Waals surface area contributed by atoms with Gasteiger partial charge < -0.3 is 10.1 Å². The van der Waals surface area contributed by atoms with Crippen molar-refractivity contribution >= 4 is 0 Å². The van der Waals surface area contributed by atoms with Gasteiger partial charge >= 0.3 is 0 Å². The van der Waals surface area contributed by atoms with Crippen molar-refractivity contribution in [1.29, 1.82) is 5.26 Å². The highest BCUT2D eigenvalue weighted by atomic mass is 16.5. The lowest BCUT2D eigenvalue weighted by molar-refractivity contribution is 0.368. The molecule has 1 aliphatic carbocycles. The third-order valence-corrected chi connectivity index (χ3v) is 3.65. The highest BCUT2D eigenvalue weighted by molar-refractivity contribution is 5.29. The van der Waals surface area contributed by atoms with Gasteiger partial charge in [0.2, 0.25) is 0 Å². The molecule has 18 heavy (non-hydrogen) atoms. The highest BCUT2D eigenvalue weighted by Crippen LogP contribution is 2.37. The number of ether oxygens (including phenoxy) is 1. The first kappa shape index (κ1) is 12.9. The van der Waals surface area contributed by atoms with Crippen LogP contribution in [0, 0.1) is 23.2 Å². The molecule has 1 aromatic rings. The van der Waals surface area contributed by atoms with Crippen molar-refractivity contribution in [3.8, 4) is 11.8 Å². The molecule has 0 bridgehead atoms. The second-order valence-corrected chi connectivity index (χ2v) is 5.12. The van der Waals surface area contributed by atoms with Gasteiger partial charge in [-0.25, -0.2) is 0 Å². The summed E-state index contributed by atoms with van der Waals surface area (Å²) >= 11 is 0. The molecule has 1 N–H and O–H groups in total. The molecule has 1 saturated carbocycles. The number of nitrogens with zero attached hydrogens (tertiary/aromatic N) is 1. The van der Waals surface area contributed by atoms with Gasteiger partial charge in [0.25, 0.3) is 0 Å². The van der Waals surface area contributed by atoms with Crippen molar-refractivity contribution in [1.82, 2.24) is 5.32 Å². The first-order valence-electron chi connectivity index (χ1n) is 6.54. The Morgan fingerprint density at radius 2 is 2.11 bits per heavy atom. The van der Waals surface area contributed by atoms with Crippen LogP contribution in [0.5, 0.6) is 5.75 Å². The van der Waals surface area contributed by atoms with Crippen LogP contribution >= 0.6 is 0 Å². The zero-order chi connectivity index (χ0) is 13.0. The van der Waals surface area contributed by atoms with Gasteiger partial charge in [-0.3, -0.25) is 0 Å². The molecule has 2 rings (SSSR count). The Balaban J connectivity index is 1.82. The second-order valence-electron chi connectivity index (χ2n) is 5.12. The molecule has 96 valence electrons. The summed E-state index contributed by atoms with van der Waals surface area (Å²) in [5.41, 5.74) is 1.26. The molecule has 0 radical (unpaired) electrons. The van der Waals surface area contributed by atoms with Crippen LogP contribution in [-0.4, -0.2) is 13.2 Å². The number of benzene rings is 1. The summed E-state index contributed by atoms with van der Waals surface area (Å²) in [5, 5.41) is 12.0. The zero-order valence-electron chi connectivity index (χ0n) is 11.0. The predicted molar refractivity (Wildman–Crippen MR) is 71.2 cm³/mol. The Morgan fingerprint density at radius 3 is 2.67 bits per heavy atom. The van der Waals surface area contributed by atoms with E-state index in [9.17, 15) is 0 Å². The molecular weight excluding hydrogens is 224 g/mol. The fraction of sp³-hybridized carbons (Fsp3) is 0.533. The third kappa shape index (κ3) is 3.48. The van der Waals surface area contributed by atoms with Crippen molar-refractivity contribution in [3.63, 3.8) is 0 Å². The molecule has 0 aliphatic heterocycles. The monoisotopic (exact) mass is 244 g/mol. The van der Waals surface area contributed by atoms with Gasteiger partial charge in [0, 0.05) is 6.04 Å².